The van der Waals surface area contributed by atoms with E-state index in [4.69, 9.17) is 0 Å². The van der Waals surface area contributed by atoms with Crippen molar-refractivity contribution in [1.29, 1.82) is 0 Å². The average Bonchev–Trinajstić information content (AvgIpc) is 2.71. The fraction of sp³-hybridized carbons (Fsp3) is 0.750. The predicted molar refractivity (Wildman–Crippen MR) is 71.7 cm³/mol. The zero-order valence-corrected chi connectivity index (χ0v) is 11.6. The molecule has 0 saturated carbocycles. The standard InChI is InChI=1S/C12H23N3S/c1-5-12(6-2,16-4)9-13-7-11-8-14-10-15(11)3/h8,10,13H,5-7,9H2,1-4H3. The van der Waals surface area contributed by atoms with Crippen LogP contribution in [0.5, 0.6) is 0 Å². The van der Waals surface area contributed by atoms with E-state index in [9.17, 15) is 0 Å². The van der Waals surface area contributed by atoms with Crippen LogP contribution in [0.25, 0.3) is 0 Å². The normalized spacial score (nSPS) is 12.0. The van der Waals surface area contributed by atoms with Gasteiger partial charge in [0.1, 0.15) is 0 Å². The van der Waals surface area contributed by atoms with Crippen molar-refractivity contribution in [2.24, 2.45) is 7.05 Å². The molecule has 0 saturated heterocycles. The van der Waals surface area contributed by atoms with Crippen molar-refractivity contribution in [3.05, 3.63) is 18.2 Å². The lowest BCUT2D eigenvalue weighted by molar-refractivity contribution is 0.490. The highest BCUT2D eigenvalue weighted by Gasteiger charge is 2.23. The fourth-order valence-corrected chi connectivity index (χ4v) is 2.66. The molecule has 92 valence electrons. The third-order valence-electron chi connectivity index (χ3n) is 3.39. The van der Waals surface area contributed by atoms with Crippen molar-refractivity contribution >= 4 is 11.8 Å². The van der Waals surface area contributed by atoms with Crippen LogP contribution in [0.4, 0.5) is 0 Å². The smallest absolute Gasteiger partial charge is 0.0945 e. The zero-order chi connectivity index (χ0) is 12.0. The predicted octanol–water partition coefficient (Wildman–Crippen LogP) is 2.43. The highest BCUT2D eigenvalue weighted by molar-refractivity contribution is 8.00. The van der Waals surface area contributed by atoms with Gasteiger partial charge in [0.05, 0.1) is 12.0 Å². The summed E-state index contributed by atoms with van der Waals surface area (Å²) in [7, 11) is 2.03. The summed E-state index contributed by atoms with van der Waals surface area (Å²) in [4.78, 5) is 4.12. The molecule has 0 spiro atoms. The Balaban J connectivity index is 2.42. The first-order valence-corrected chi connectivity index (χ1v) is 7.11. The second-order valence-corrected chi connectivity index (χ2v) is 5.47. The monoisotopic (exact) mass is 241 g/mol. The first-order chi connectivity index (χ1) is 7.67. The van der Waals surface area contributed by atoms with Gasteiger partial charge >= 0.3 is 0 Å². The number of nitrogens with zero attached hydrogens (tertiary/aromatic N) is 2. The van der Waals surface area contributed by atoms with Gasteiger partial charge in [-0.05, 0) is 19.1 Å². The molecule has 1 aromatic rings. The number of hydrogen-bond acceptors (Lipinski definition) is 3. The number of aromatic nitrogens is 2. The number of aryl methyl sites for hydroxylation is 1. The van der Waals surface area contributed by atoms with E-state index in [1.54, 1.807) is 0 Å². The molecular weight excluding hydrogens is 218 g/mol. The van der Waals surface area contributed by atoms with E-state index >= 15 is 0 Å². The lowest BCUT2D eigenvalue weighted by atomic mass is 10.0. The average molecular weight is 241 g/mol. The summed E-state index contributed by atoms with van der Waals surface area (Å²) < 4.78 is 2.45. The molecule has 0 bridgehead atoms. The molecular formula is C12H23N3S. The Kier molecular flexibility index (Phi) is 5.35. The molecule has 0 aliphatic heterocycles. The number of imidazole rings is 1. The van der Waals surface area contributed by atoms with Gasteiger partial charge in [0, 0.05) is 31.1 Å². The molecule has 0 fully saturated rings. The topological polar surface area (TPSA) is 29.9 Å². The number of hydrogen-bond donors (Lipinski definition) is 1. The van der Waals surface area contributed by atoms with Gasteiger partial charge in [-0.15, -0.1) is 0 Å². The SMILES string of the molecule is CCC(CC)(CNCc1cncn1C)SC. The Hall–Kier alpha value is -0.480. The second-order valence-electron chi connectivity index (χ2n) is 4.19. The van der Waals surface area contributed by atoms with Gasteiger partial charge in [0.15, 0.2) is 0 Å². The van der Waals surface area contributed by atoms with Crippen molar-refractivity contribution in [3.8, 4) is 0 Å². The molecule has 1 heterocycles. The molecule has 1 N–H and O–H groups in total. The van der Waals surface area contributed by atoms with Crippen LogP contribution in [-0.2, 0) is 13.6 Å². The highest BCUT2D eigenvalue weighted by Crippen LogP contribution is 2.29. The van der Waals surface area contributed by atoms with E-state index in [0.29, 0.717) is 4.75 Å². The minimum absolute atomic E-state index is 0.387. The Morgan fingerprint density at radius 3 is 2.56 bits per heavy atom. The van der Waals surface area contributed by atoms with Crippen molar-refractivity contribution in [2.75, 3.05) is 12.8 Å². The zero-order valence-electron chi connectivity index (χ0n) is 10.8. The van der Waals surface area contributed by atoms with Gasteiger partial charge in [-0.25, -0.2) is 4.98 Å². The largest absolute Gasteiger partial charge is 0.337 e. The van der Waals surface area contributed by atoms with Gasteiger partial charge in [0.25, 0.3) is 0 Å². The molecule has 0 amide bonds. The molecule has 0 atom stereocenters. The van der Waals surface area contributed by atoms with Crippen molar-refractivity contribution in [3.63, 3.8) is 0 Å². The molecule has 0 radical (unpaired) electrons. The maximum absolute atomic E-state index is 4.12. The lowest BCUT2D eigenvalue weighted by Gasteiger charge is -2.30. The maximum atomic E-state index is 4.12. The van der Waals surface area contributed by atoms with E-state index < -0.39 is 0 Å². The Morgan fingerprint density at radius 1 is 1.44 bits per heavy atom. The summed E-state index contributed by atoms with van der Waals surface area (Å²) in [6.45, 7) is 6.50. The van der Waals surface area contributed by atoms with Gasteiger partial charge in [-0.2, -0.15) is 11.8 Å². The lowest BCUT2D eigenvalue weighted by Crippen LogP contribution is -2.36. The van der Waals surface area contributed by atoms with Gasteiger partial charge in [-0.1, -0.05) is 13.8 Å². The van der Waals surface area contributed by atoms with Crippen LogP contribution in [0.15, 0.2) is 12.5 Å². The molecule has 0 aliphatic carbocycles. The van der Waals surface area contributed by atoms with Crippen LogP contribution in [0, 0.1) is 0 Å². The van der Waals surface area contributed by atoms with E-state index in [2.05, 4.69) is 35.0 Å². The summed E-state index contributed by atoms with van der Waals surface area (Å²) in [5.41, 5.74) is 1.24. The van der Waals surface area contributed by atoms with E-state index in [1.807, 2.05) is 31.3 Å². The first-order valence-electron chi connectivity index (χ1n) is 5.88. The van der Waals surface area contributed by atoms with E-state index in [1.165, 1.54) is 18.5 Å². The van der Waals surface area contributed by atoms with Crippen molar-refractivity contribution < 1.29 is 0 Å². The number of thioether (sulfide) groups is 1. The molecule has 1 rings (SSSR count). The molecule has 4 heteroatoms. The fourth-order valence-electron chi connectivity index (χ4n) is 1.83. The van der Waals surface area contributed by atoms with Crippen LogP contribution >= 0.6 is 11.8 Å². The van der Waals surface area contributed by atoms with Crippen LogP contribution in [0.2, 0.25) is 0 Å². The summed E-state index contributed by atoms with van der Waals surface area (Å²) in [5.74, 6) is 0. The second kappa shape index (κ2) is 6.30. The highest BCUT2D eigenvalue weighted by atomic mass is 32.2. The molecule has 0 aromatic carbocycles. The third-order valence-corrected chi connectivity index (χ3v) is 4.98. The van der Waals surface area contributed by atoms with Gasteiger partial charge < -0.3 is 9.88 Å². The summed E-state index contributed by atoms with van der Waals surface area (Å²) in [6, 6.07) is 0. The molecule has 3 nitrogen and oxygen atoms in total. The third kappa shape index (κ3) is 3.25. The minimum Gasteiger partial charge on any atom is -0.337 e. The van der Waals surface area contributed by atoms with Crippen LogP contribution in [-0.4, -0.2) is 27.1 Å². The van der Waals surface area contributed by atoms with Gasteiger partial charge in [0.2, 0.25) is 0 Å². The van der Waals surface area contributed by atoms with E-state index in [0.717, 1.165) is 13.1 Å². The van der Waals surface area contributed by atoms with E-state index in [-0.39, 0.29) is 0 Å². The molecule has 16 heavy (non-hydrogen) atoms. The number of rotatable bonds is 7. The molecule has 0 unspecified atom stereocenters. The summed E-state index contributed by atoms with van der Waals surface area (Å²) in [6.07, 6.45) is 8.40. The Morgan fingerprint density at radius 2 is 2.12 bits per heavy atom. The minimum atomic E-state index is 0.387. The van der Waals surface area contributed by atoms with Gasteiger partial charge in [-0.3, -0.25) is 0 Å². The van der Waals surface area contributed by atoms with Crippen molar-refractivity contribution in [2.45, 2.75) is 38.0 Å². The number of nitrogens with one attached hydrogen (secondary N) is 1. The van der Waals surface area contributed by atoms with Crippen molar-refractivity contribution in [1.82, 2.24) is 14.9 Å². The van der Waals surface area contributed by atoms with Crippen LogP contribution in [0.3, 0.4) is 0 Å². The molecule has 0 aliphatic rings. The molecule has 1 aromatic heterocycles. The quantitative estimate of drug-likeness (QED) is 0.795. The Labute approximate surface area is 103 Å². The van der Waals surface area contributed by atoms with Crippen LogP contribution in [0.1, 0.15) is 32.4 Å². The van der Waals surface area contributed by atoms with Crippen LogP contribution < -0.4 is 5.32 Å². The first kappa shape index (κ1) is 13.6. The Bertz CT molecular complexity index is 297. The summed E-state index contributed by atoms with van der Waals surface area (Å²) >= 11 is 1.97. The summed E-state index contributed by atoms with van der Waals surface area (Å²) in [5, 5.41) is 3.54. The maximum Gasteiger partial charge on any atom is 0.0945 e.